The molecule has 0 saturated carbocycles. The van der Waals surface area contributed by atoms with Gasteiger partial charge in [0.05, 0.1) is 22.9 Å². The molecule has 1 heterocycles. The van der Waals surface area contributed by atoms with Crippen molar-refractivity contribution in [3.05, 3.63) is 46.2 Å². The molecule has 0 atom stereocenters. The van der Waals surface area contributed by atoms with E-state index in [4.69, 9.17) is 23.2 Å². The van der Waals surface area contributed by atoms with Crippen LogP contribution >= 0.6 is 23.2 Å². The molecule has 0 bridgehead atoms. The number of hydrogen-bond donors (Lipinski definition) is 2. The van der Waals surface area contributed by atoms with Crippen molar-refractivity contribution in [3.8, 4) is 0 Å². The van der Waals surface area contributed by atoms with Crippen molar-refractivity contribution < 1.29 is 0 Å². The molecule has 0 aliphatic heterocycles. The minimum atomic E-state index is 0.613. The van der Waals surface area contributed by atoms with Gasteiger partial charge in [-0.2, -0.15) is 5.10 Å². The number of aromatic nitrogens is 2. The summed E-state index contributed by atoms with van der Waals surface area (Å²) in [6.07, 6.45) is 1.71. The first-order chi connectivity index (χ1) is 7.25. The van der Waals surface area contributed by atoms with Gasteiger partial charge in [0.2, 0.25) is 0 Å². The lowest BCUT2D eigenvalue weighted by Crippen LogP contribution is -2.00. The Morgan fingerprint density at radius 1 is 1.27 bits per heavy atom. The van der Waals surface area contributed by atoms with Crippen molar-refractivity contribution in [2.24, 2.45) is 0 Å². The number of nitrogens with zero attached hydrogens (tertiary/aromatic N) is 1. The third-order valence-electron chi connectivity index (χ3n) is 1.96. The standard InChI is InChI=1S/C10H9Cl2N3/c11-7-1-2-10(9(12)5-7)13-6-8-3-4-14-15-8/h1-5,13H,6H2,(H,14,15). The summed E-state index contributed by atoms with van der Waals surface area (Å²) in [7, 11) is 0. The van der Waals surface area contributed by atoms with Crippen LogP contribution < -0.4 is 5.32 Å². The second-order valence-corrected chi connectivity index (χ2v) is 3.90. The van der Waals surface area contributed by atoms with E-state index in [0.717, 1.165) is 11.4 Å². The Balaban J connectivity index is 2.05. The smallest absolute Gasteiger partial charge is 0.0652 e. The molecule has 0 radical (unpaired) electrons. The fourth-order valence-corrected chi connectivity index (χ4v) is 1.68. The van der Waals surface area contributed by atoms with Gasteiger partial charge in [0.1, 0.15) is 0 Å². The summed E-state index contributed by atoms with van der Waals surface area (Å²) in [4.78, 5) is 0. The van der Waals surface area contributed by atoms with Crippen molar-refractivity contribution >= 4 is 28.9 Å². The first-order valence-corrected chi connectivity index (χ1v) is 5.18. The summed E-state index contributed by atoms with van der Waals surface area (Å²) in [6, 6.07) is 7.25. The lowest BCUT2D eigenvalue weighted by atomic mass is 10.3. The Morgan fingerprint density at radius 2 is 2.13 bits per heavy atom. The number of nitrogens with one attached hydrogen (secondary N) is 2. The zero-order chi connectivity index (χ0) is 10.7. The lowest BCUT2D eigenvalue weighted by molar-refractivity contribution is 0.981. The van der Waals surface area contributed by atoms with Crippen LogP contribution in [0.5, 0.6) is 0 Å². The van der Waals surface area contributed by atoms with Gasteiger partial charge in [0.25, 0.3) is 0 Å². The van der Waals surface area contributed by atoms with Crippen molar-refractivity contribution in [1.29, 1.82) is 0 Å². The topological polar surface area (TPSA) is 40.7 Å². The number of hydrogen-bond acceptors (Lipinski definition) is 2. The molecule has 0 amide bonds. The van der Waals surface area contributed by atoms with Crippen LogP contribution in [-0.2, 0) is 6.54 Å². The second kappa shape index (κ2) is 4.55. The molecule has 2 rings (SSSR count). The molecule has 3 nitrogen and oxygen atoms in total. The summed E-state index contributed by atoms with van der Waals surface area (Å²) in [5, 5.41) is 11.1. The first-order valence-electron chi connectivity index (χ1n) is 4.43. The summed E-state index contributed by atoms with van der Waals surface area (Å²) < 4.78 is 0. The Bertz CT molecular complexity index is 440. The normalized spacial score (nSPS) is 10.3. The highest BCUT2D eigenvalue weighted by Crippen LogP contribution is 2.25. The van der Waals surface area contributed by atoms with Gasteiger partial charge >= 0.3 is 0 Å². The van der Waals surface area contributed by atoms with Crippen LogP contribution in [0.3, 0.4) is 0 Å². The molecular formula is C10H9Cl2N3. The van der Waals surface area contributed by atoms with E-state index in [1.807, 2.05) is 12.1 Å². The van der Waals surface area contributed by atoms with Crippen LogP contribution in [0.4, 0.5) is 5.69 Å². The molecule has 1 aromatic carbocycles. The average Bonchev–Trinajstić information content (AvgIpc) is 2.69. The van der Waals surface area contributed by atoms with E-state index >= 15 is 0 Å². The second-order valence-electron chi connectivity index (χ2n) is 3.06. The van der Waals surface area contributed by atoms with Gasteiger partial charge in [0.15, 0.2) is 0 Å². The van der Waals surface area contributed by atoms with Crippen LogP contribution in [0.2, 0.25) is 10.0 Å². The summed E-state index contributed by atoms with van der Waals surface area (Å²) in [6.45, 7) is 0.654. The highest BCUT2D eigenvalue weighted by Gasteiger charge is 2.00. The van der Waals surface area contributed by atoms with Crippen LogP contribution in [0.25, 0.3) is 0 Å². The summed E-state index contributed by atoms with van der Waals surface area (Å²) in [5.41, 5.74) is 1.86. The van der Waals surface area contributed by atoms with E-state index in [-0.39, 0.29) is 0 Å². The third-order valence-corrected chi connectivity index (χ3v) is 2.51. The molecule has 0 unspecified atom stereocenters. The molecule has 15 heavy (non-hydrogen) atoms. The molecule has 2 aromatic rings. The van der Waals surface area contributed by atoms with Crippen molar-refractivity contribution in [1.82, 2.24) is 10.2 Å². The van der Waals surface area contributed by atoms with E-state index < -0.39 is 0 Å². The third kappa shape index (κ3) is 2.64. The minimum absolute atomic E-state index is 0.613. The van der Waals surface area contributed by atoms with Crippen molar-refractivity contribution in [2.75, 3.05) is 5.32 Å². The predicted molar refractivity (Wildman–Crippen MR) is 62.4 cm³/mol. The minimum Gasteiger partial charge on any atom is -0.378 e. The van der Waals surface area contributed by atoms with E-state index in [0.29, 0.717) is 16.6 Å². The van der Waals surface area contributed by atoms with Crippen LogP contribution in [0, 0.1) is 0 Å². The molecule has 0 saturated heterocycles. The van der Waals surface area contributed by atoms with Crippen molar-refractivity contribution in [3.63, 3.8) is 0 Å². The van der Waals surface area contributed by atoms with E-state index in [1.54, 1.807) is 18.3 Å². The monoisotopic (exact) mass is 241 g/mol. The molecule has 0 aliphatic carbocycles. The molecule has 78 valence electrons. The van der Waals surface area contributed by atoms with Crippen LogP contribution in [0.15, 0.2) is 30.5 Å². The molecule has 0 fully saturated rings. The van der Waals surface area contributed by atoms with Gasteiger partial charge < -0.3 is 5.32 Å². The van der Waals surface area contributed by atoms with Gasteiger partial charge in [-0.3, -0.25) is 5.10 Å². The quantitative estimate of drug-likeness (QED) is 0.866. The maximum Gasteiger partial charge on any atom is 0.0652 e. The molecule has 2 N–H and O–H groups in total. The van der Waals surface area contributed by atoms with Crippen LogP contribution in [0.1, 0.15) is 5.69 Å². The number of halogens is 2. The molecule has 5 heteroatoms. The number of rotatable bonds is 3. The molecule has 0 spiro atoms. The fraction of sp³-hybridized carbons (Fsp3) is 0.100. The van der Waals surface area contributed by atoms with Gasteiger partial charge in [-0.15, -0.1) is 0 Å². The van der Waals surface area contributed by atoms with Crippen LogP contribution in [-0.4, -0.2) is 10.2 Å². The maximum atomic E-state index is 6.00. The van der Waals surface area contributed by atoms with Crippen molar-refractivity contribution in [2.45, 2.75) is 6.54 Å². The number of benzene rings is 1. The summed E-state index contributed by atoms with van der Waals surface area (Å²) in [5.74, 6) is 0. The van der Waals surface area contributed by atoms with Gasteiger partial charge in [-0.1, -0.05) is 23.2 Å². The maximum absolute atomic E-state index is 6.00. The Labute approximate surface area is 97.4 Å². The first kappa shape index (κ1) is 10.3. The highest BCUT2D eigenvalue weighted by atomic mass is 35.5. The van der Waals surface area contributed by atoms with E-state index in [2.05, 4.69) is 15.5 Å². The Morgan fingerprint density at radius 3 is 2.80 bits per heavy atom. The Kier molecular flexibility index (Phi) is 3.14. The Hall–Kier alpha value is -1.19. The number of H-pyrrole nitrogens is 1. The SMILES string of the molecule is Clc1ccc(NCc2ccn[nH]2)c(Cl)c1. The predicted octanol–water partition coefficient (Wildman–Crippen LogP) is 3.33. The number of aromatic amines is 1. The lowest BCUT2D eigenvalue weighted by Gasteiger charge is -2.06. The number of anilines is 1. The van der Waals surface area contributed by atoms with Gasteiger partial charge in [-0.25, -0.2) is 0 Å². The molecule has 1 aromatic heterocycles. The van der Waals surface area contributed by atoms with E-state index in [1.165, 1.54) is 0 Å². The zero-order valence-corrected chi connectivity index (χ0v) is 9.31. The van der Waals surface area contributed by atoms with Gasteiger partial charge in [0, 0.05) is 11.2 Å². The largest absolute Gasteiger partial charge is 0.378 e. The van der Waals surface area contributed by atoms with E-state index in [9.17, 15) is 0 Å². The van der Waals surface area contributed by atoms with Gasteiger partial charge in [-0.05, 0) is 24.3 Å². The average molecular weight is 242 g/mol. The summed E-state index contributed by atoms with van der Waals surface area (Å²) >= 11 is 11.8. The highest BCUT2D eigenvalue weighted by molar-refractivity contribution is 6.36. The zero-order valence-electron chi connectivity index (χ0n) is 7.80. The fourth-order valence-electron chi connectivity index (χ4n) is 1.21. The molecule has 0 aliphatic rings. The molecular weight excluding hydrogens is 233 g/mol.